The Kier molecular flexibility index (Phi) is 8.72. The number of phenolic OH excluding ortho intramolecular Hbond substituents is 1. The molecule has 2 aromatic rings. The van der Waals surface area contributed by atoms with Gasteiger partial charge in [0, 0.05) is 0 Å². The van der Waals surface area contributed by atoms with E-state index in [0.717, 1.165) is 22.6 Å². The Bertz CT molecular complexity index is 718. The molecule has 0 fully saturated rings. The van der Waals surface area contributed by atoms with Crippen LogP contribution in [0.5, 0.6) is 23.0 Å². The lowest BCUT2D eigenvalue weighted by Crippen LogP contribution is -1.90. The molecular weight excluding hydrogens is 316 g/mol. The van der Waals surface area contributed by atoms with Crippen LogP contribution in [0, 0.1) is 0 Å². The number of ether oxygens (including phenoxy) is 3. The highest BCUT2D eigenvalue weighted by Crippen LogP contribution is 2.28. The van der Waals surface area contributed by atoms with E-state index in [0.29, 0.717) is 5.75 Å². The van der Waals surface area contributed by atoms with Crippen LogP contribution in [-0.2, 0) is 0 Å². The van der Waals surface area contributed by atoms with E-state index in [2.05, 4.69) is 0 Å². The first-order valence-corrected chi connectivity index (χ1v) is 7.94. The fraction of sp³-hybridized carbons (Fsp3) is 0.238. The molecule has 0 radical (unpaired) electrons. The fourth-order valence-corrected chi connectivity index (χ4v) is 2.14. The van der Waals surface area contributed by atoms with Crippen LogP contribution in [0.25, 0.3) is 12.2 Å². The second-order valence-electron chi connectivity index (χ2n) is 5.05. The van der Waals surface area contributed by atoms with Gasteiger partial charge >= 0.3 is 0 Å². The molecule has 0 aliphatic heterocycles. The lowest BCUT2D eigenvalue weighted by atomic mass is 10.2. The normalized spacial score (nSPS) is 10.4. The summed E-state index contributed by atoms with van der Waals surface area (Å²) < 4.78 is 15.2. The van der Waals surface area contributed by atoms with Crippen LogP contribution in [0.4, 0.5) is 0 Å². The molecule has 1 N–H and O–H groups in total. The van der Waals surface area contributed by atoms with E-state index in [1.165, 1.54) is 7.11 Å². The van der Waals surface area contributed by atoms with Gasteiger partial charge in [-0.1, -0.05) is 36.4 Å². The van der Waals surface area contributed by atoms with Gasteiger partial charge in [-0.25, -0.2) is 0 Å². The van der Waals surface area contributed by atoms with E-state index in [1.54, 1.807) is 26.4 Å². The van der Waals surface area contributed by atoms with Crippen LogP contribution >= 0.6 is 0 Å². The number of hydrogen-bond acceptors (Lipinski definition) is 4. The predicted molar refractivity (Wildman–Crippen MR) is 104 cm³/mol. The number of allylic oxidation sites excluding steroid dienone is 2. The van der Waals surface area contributed by atoms with Crippen molar-refractivity contribution in [2.45, 2.75) is 13.8 Å². The highest BCUT2D eigenvalue weighted by Gasteiger charge is 2.02. The van der Waals surface area contributed by atoms with Gasteiger partial charge in [0.2, 0.25) is 0 Å². The maximum atomic E-state index is 9.25. The quantitative estimate of drug-likeness (QED) is 0.814. The maximum absolute atomic E-state index is 9.25. The zero-order valence-corrected chi connectivity index (χ0v) is 15.4. The number of aromatic hydroxyl groups is 1. The third-order valence-corrected chi connectivity index (χ3v) is 3.33. The third-order valence-electron chi connectivity index (χ3n) is 3.33. The van der Waals surface area contributed by atoms with Crippen molar-refractivity contribution in [2.24, 2.45) is 0 Å². The first-order chi connectivity index (χ1) is 12.1. The zero-order chi connectivity index (χ0) is 18.7. The molecule has 0 saturated heterocycles. The molecule has 0 heterocycles. The van der Waals surface area contributed by atoms with Crippen molar-refractivity contribution in [2.75, 3.05) is 21.3 Å². The molecule has 0 aliphatic rings. The number of phenols is 1. The third kappa shape index (κ3) is 6.26. The Morgan fingerprint density at radius 1 is 0.680 bits per heavy atom. The molecule has 2 aromatic carbocycles. The minimum atomic E-state index is 0.172. The molecule has 4 nitrogen and oxygen atoms in total. The Morgan fingerprint density at radius 2 is 1.16 bits per heavy atom. The van der Waals surface area contributed by atoms with Gasteiger partial charge < -0.3 is 19.3 Å². The first kappa shape index (κ1) is 20.2. The topological polar surface area (TPSA) is 47.9 Å². The van der Waals surface area contributed by atoms with E-state index >= 15 is 0 Å². The summed E-state index contributed by atoms with van der Waals surface area (Å²) in [5.41, 5.74) is 2.13. The van der Waals surface area contributed by atoms with E-state index in [4.69, 9.17) is 14.2 Å². The molecular formula is C21H26O4. The monoisotopic (exact) mass is 342 g/mol. The summed E-state index contributed by atoms with van der Waals surface area (Å²) in [5, 5.41) is 9.25. The van der Waals surface area contributed by atoms with Gasteiger partial charge in [0.15, 0.2) is 23.0 Å². The summed E-state index contributed by atoms with van der Waals surface area (Å²) in [6, 6.07) is 11.1. The molecule has 134 valence electrons. The van der Waals surface area contributed by atoms with Crippen LogP contribution in [0.3, 0.4) is 0 Å². The largest absolute Gasteiger partial charge is 0.504 e. The van der Waals surface area contributed by atoms with Crippen LogP contribution in [-0.4, -0.2) is 26.4 Å². The molecule has 0 spiro atoms. The van der Waals surface area contributed by atoms with E-state index in [1.807, 2.05) is 62.4 Å². The zero-order valence-electron chi connectivity index (χ0n) is 15.4. The Balaban J connectivity index is 0.000000251. The Labute approximate surface area is 150 Å². The lowest BCUT2D eigenvalue weighted by Gasteiger charge is -2.07. The highest BCUT2D eigenvalue weighted by atomic mass is 16.5. The van der Waals surface area contributed by atoms with E-state index in [-0.39, 0.29) is 5.75 Å². The molecule has 0 atom stereocenters. The van der Waals surface area contributed by atoms with Crippen molar-refractivity contribution in [3.05, 3.63) is 59.7 Å². The van der Waals surface area contributed by atoms with Crippen LogP contribution < -0.4 is 14.2 Å². The molecule has 25 heavy (non-hydrogen) atoms. The summed E-state index contributed by atoms with van der Waals surface area (Å²) in [6.07, 6.45) is 7.89. The van der Waals surface area contributed by atoms with E-state index < -0.39 is 0 Å². The number of hydrogen-bond donors (Lipinski definition) is 1. The van der Waals surface area contributed by atoms with Crippen LogP contribution in [0.1, 0.15) is 25.0 Å². The average molecular weight is 342 g/mol. The van der Waals surface area contributed by atoms with Crippen molar-refractivity contribution < 1.29 is 19.3 Å². The standard InChI is InChI=1S/C11H14O2.C10H12O2/c1-4-5-9-6-7-10(12-2)11(8-9)13-3;1-3-4-8-5-6-9(11)10(7-8)12-2/h4-8H,1-3H3;3-7,11H,1-2H3/b5-4+;. The van der Waals surface area contributed by atoms with E-state index in [9.17, 15) is 5.11 Å². The minimum absolute atomic E-state index is 0.172. The number of methoxy groups -OCH3 is 3. The Morgan fingerprint density at radius 3 is 1.64 bits per heavy atom. The van der Waals surface area contributed by atoms with Gasteiger partial charge in [0.1, 0.15) is 0 Å². The van der Waals surface area contributed by atoms with Gasteiger partial charge in [-0.05, 0) is 49.2 Å². The minimum Gasteiger partial charge on any atom is -0.504 e. The molecule has 0 amide bonds. The van der Waals surface area contributed by atoms with Gasteiger partial charge in [0.05, 0.1) is 21.3 Å². The number of benzene rings is 2. The average Bonchev–Trinajstić information content (AvgIpc) is 2.64. The van der Waals surface area contributed by atoms with Crippen LogP contribution in [0.2, 0.25) is 0 Å². The predicted octanol–water partition coefficient (Wildman–Crippen LogP) is 5.17. The van der Waals surface area contributed by atoms with Crippen molar-refractivity contribution in [1.82, 2.24) is 0 Å². The summed E-state index contributed by atoms with van der Waals surface area (Å²) in [7, 11) is 4.80. The summed E-state index contributed by atoms with van der Waals surface area (Å²) in [6.45, 7) is 3.93. The van der Waals surface area contributed by atoms with Crippen LogP contribution in [0.15, 0.2) is 48.6 Å². The summed E-state index contributed by atoms with van der Waals surface area (Å²) in [4.78, 5) is 0. The molecule has 0 saturated carbocycles. The Hall–Kier alpha value is -2.88. The lowest BCUT2D eigenvalue weighted by molar-refractivity contribution is 0.355. The molecule has 0 bridgehead atoms. The molecule has 0 aliphatic carbocycles. The summed E-state index contributed by atoms with van der Waals surface area (Å²) >= 11 is 0. The van der Waals surface area contributed by atoms with Gasteiger partial charge in [-0.15, -0.1) is 0 Å². The highest BCUT2D eigenvalue weighted by molar-refractivity contribution is 5.56. The fourth-order valence-electron chi connectivity index (χ4n) is 2.14. The molecule has 4 heteroatoms. The van der Waals surface area contributed by atoms with Gasteiger partial charge in [0.25, 0.3) is 0 Å². The van der Waals surface area contributed by atoms with Crippen molar-refractivity contribution >= 4 is 12.2 Å². The maximum Gasteiger partial charge on any atom is 0.161 e. The molecule has 2 rings (SSSR count). The summed E-state index contributed by atoms with van der Waals surface area (Å²) in [5.74, 6) is 2.20. The van der Waals surface area contributed by atoms with Crippen molar-refractivity contribution in [1.29, 1.82) is 0 Å². The first-order valence-electron chi connectivity index (χ1n) is 7.94. The number of rotatable bonds is 5. The van der Waals surface area contributed by atoms with Gasteiger partial charge in [-0.3, -0.25) is 0 Å². The van der Waals surface area contributed by atoms with Crippen molar-refractivity contribution in [3.8, 4) is 23.0 Å². The van der Waals surface area contributed by atoms with Crippen molar-refractivity contribution in [3.63, 3.8) is 0 Å². The van der Waals surface area contributed by atoms with Gasteiger partial charge in [-0.2, -0.15) is 0 Å². The second-order valence-corrected chi connectivity index (χ2v) is 5.05. The molecule has 0 aromatic heterocycles. The smallest absolute Gasteiger partial charge is 0.161 e. The second kappa shape index (κ2) is 10.8. The molecule has 0 unspecified atom stereocenters. The SMILES string of the molecule is C/C=C/c1ccc(OC)c(OC)c1.CC=Cc1ccc(O)c(OC)c1.